The SMILES string of the molecule is CCCc1nc(CCCl)cs1. The summed E-state index contributed by atoms with van der Waals surface area (Å²) in [6, 6.07) is 0. The third-order valence-electron chi connectivity index (χ3n) is 1.41. The number of aryl methyl sites for hydroxylation is 2. The van der Waals surface area contributed by atoms with Gasteiger partial charge in [-0.25, -0.2) is 4.98 Å². The molecule has 62 valence electrons. The molecule has 0 unspecified atom stereocenters. The van der Waals surface area contributed by atoms with Gasteiger partial charge in [-0.1, -0.05) is 6.92 Å². The van der Waals surface area contributed by atoms with Crippen LogP contribution in [0.1, 0.15) is 24.0 Å². The molecule has 0 radical (unpaired) electrons. The van der Waals surface area contributed by atoms with E-state index >= 15 is 0 Å². The van der Waals surface area contributed by atoms with Crippen LogP contribution in [0.3, 0.4) is 0 Å². The first-order chi connectivity index (χ1) is 5.36. The van der Waals surface area contributed by atoms with Gasteiger partial charge in [-0.3, -0.25) is 0 Å². The van der Waals surface area contributed by atoms with Crippen molar-refractivity contribution in [3.8, 4) is 0 Å². The number of nitrogens with zero attached hydrogens (tertiary/aromatic N) is 1. The molecule has 11 heavy (non-hydrogen) atoms. The van der Waals surface area contributed by atoms with Crippen LogP contribution >= 0.6 is 22.9 Å². The van der Waals surface area contributed by atoms with Crippen LogP contribution in [0.2, 0.25) is 0 Å². The van der Waals surface area contributed by atoms with Gasteiger partial charge in [0.1, 0.15) is 0 Å². The molecule has 1 aromatic rings. The fraction of sp³-hybridized carbons (Fsp3) is 0.625. The van der Waals surface area contributed by atoms with E-state index in [0.717, 1.165) is 18.5 Å². The predicted octanol–water partition coefficient (Wildman–Crippen LogP) is 2.88. The Morgan fingerprint density at radius 2 is 2.36 bits per heavy atom. The zero-order valence-electron chi connectivity index (χ0n) is 6.64. The Morgan fingerprint density at radius 3 is 3.00 bits per heavy atom. The zero-order chi connectivity index (χ0) is 8.10. The third-order valence-corrected chi connectivity index (χ3v) is 2.56. The van der Waals surface area contributed by atoms with Crippen molar-refractivity contribution >= 4 is 22.9 Å². The van der Waals surface area contributed by atoms with E-state index in [9.17, 15) is 0 Å². The standard InChI is InChI=1S/C8H12ClNS/c1-2-3-8-10-7(4-5-9)6-11-8/h6H,2-5H2,1H3. The first-order valence-electron chi connectivity index (χ1n) is 3.86. The highest BCUT2D eigenvalue weighted by molar-refractivity contribution is 7.09. The molecule has 1 aromatic heterocycles. The van der Waals surface area contributed by atoms with Gasteiger partial charge in [0.25, 0.3) is 0 Å². The maximum absolute atomic E-state index is 5.59. The highest BCUT2D eigenvalue weighted by Crippen LogP contribution is 2.12. The fourth-order valence-corrected chi connectivity index (χ4v) is 2.02. The molecular formula is C8H12ClNS. The van der Waals surface area contributed by atoms with Crippen LogP contribution in [0.4, 0.5) is 0 Å². The molecule has 0 aliphatic rings. The lowest BCUT2D eigenvalue weighted by atomic mass is 10.3. The lowest BCUT2D eigenvalue weighted by Gasteiger charge is -1.88. The summed E-state index contributed by atoms with van der Waals surface area (Å²) in [4.78, 5) is 4.42. The van der Waals surface area contributed by atoms with Crippen LogP contribution in [0.25, 0.3) is 0 Å². The maximum atomic E-state index is 5.59. The number of halogens is 1. The number of aromatic nitrogens is 1. The molecule has 0 spiro atoms. The van der Waals surface area contributed by atoms with E-state index in [-0.39, 0.29) is 0 Å². The molecule has 0 aliphatic heterocycles. The molecule has 0 fully saturated rings. The predicted molar refractivity (Wildman–Crippen MR) is 50.5 cm³/mol. The van der Waals surface area contributed by atoms with E-state index in [2.05, 4.69) is 17.3 Å². The molecule has 1 heterocycles. The topological polar surface area (TPSA) is 12.9 Å². The smallest absolute Gasteiger partial charge is 0.0928 e. The Bertz CT molecular complexity index is 189. The van der Waals surface area contributed by atoms with Crippen molar-refractivity contribution in [1.29, 1.82) is 0 Å². The molecule has 0 atom stereocenters. The summed E-state index contributed by atoms with van der Waals surface area (Å²) in [5.74, 6) is 0.676. The van der Waals surface area contributed by atoms with E-state index < -0.39 is 0 Å². The minimum atomic E-state index is 0.676. The molecule has 0 aromatic carbocycles. The van der Waals surface area contributed by atoms with Crippen molar-refractivity contribution in [3.05, 3.63) is 16.1 Å². The van der Waals surface area contributed by atoms with Gasteiger partial charge in [0.15, 0.2) is 0 Å². The average Bonchev–Trinajstić information content (AvgIpc) is 2.38. The summed E-state index contributed by atoms with van der Waals surface area (Å²) >= 11 is 7.33. The molecule has 0 N–H and O–H groups in total. The molecule has 0 saturated heterocycles. The highest BCUT2D eigenvalue weighted by atomic mass is 35.5. The Hall–Kier alpha value is -0.0800. The molecule has 1 nitrogen and oxygen atoms in total. The molecular weight excluding hydrogens is 178 g/mol. The van der Waals surface area contributed by atoms with Crippen LogP contribution in [0, 0.1) is 0 Å². The molecule has 0 aliphatic carbocycles. The average molecular weight is 190 g/mol. The Kier molecular flexibility index (Phi) is 3.87. The third kappa shape index (κ3) is 2.80. The van der Waals surface area contributed by atoms with Gasteiger partial charge in [0, 0.05) is 17.7 Å². The van der Waals surface area contributed by atoms with E-state index in [0.29, 0.717) is 5.88 Å². The van der Waals surface area contributed by atoms with Crippen LogP contribution in [-0.2, 0) is 12.8 Å². The number of thiazole rings is 1. The van der Waals surface area contributed by atoms with Crippen molar-refractivity contribution in [2.75, 3.05) is 5.88 Å². The minimum absolute atomic E-state index is 0.676. The summed E-state index contributed by atoms with van der Waals surface area (Å²) < 4.78 is 0. The second kappa shape index (κ2) is 4.73. The van der Waals surface area contributed by atoms with Gasteiger partial charge in [0.05, 0.1) is 10.7 Å². The lowest BCUT2D eigenvalue weighted by molar-refractivity contribution is 0.894. The van der Waals surface area contributed by atoms with Gasteiger partial charge in [0.2, 0.25) is 0 Å². The number of alkyl halides is 1. The Labute approximate surface area is 76.4 Å². The van der Waals surface area contributed by atoms with Gasteiger partial charge < -0.3 is 0 Å². The van der Waals surface area contributed by atoms with Crippen LogP contribution in [0.15, 0.2) is 5.38 Å². The molecule has 3 heteroatoms. The van der Waals surface area contributed by atoms with Gasteiger partial charge in [-0.15, -0.1) is 22.9 Å². The summed E-state index contributed by atoms with van der Waals surface area (Å²) in [5.41, 5.74) is 1.15. The largest absolute Gasteiger partial charge is 0.246 e. The Morgan fingerprint density at radius 1 is 1.55 bits per heavy atom. The van der Waals surface area contributed by atoms with Crippen LogP contribution in [-0.4, -0.2) is 10.9 Å². The van der Waals surface area contributed by atoms with E-state index in [1.165, 1.54) is 11.4 Å². The fourth-order valence-electron chi connectivity index (χ4n) is 0.889. The number of hydrogen-bond donors (Lipinski definition) is 0. The van der Waals surface area contributed by atoms with E-state index in [1.54, 1.807) is 11.3 Å². The number of hydrogen-bond acceptors (Lipinski definition) is 2. The van der Waals surface area contributed by atoms with E-state index in [1.807, 2.05) is 0 Å². The Balaban J connectivity index is 2.51. The minimum Gasteiger partial charge on any atom is -0.246 e. The van der Waals surface area contributed by atoms with Gasteiger partial charge in [-0.2, -0.15) is 0 Å². The summed E-state index contributed by atoms with van der Waals surface area (Å²) in [7, 11) is 0. The van der Waals surface area contributed by atoms with Crippen LogP contribution in [0.5, 0.6) is 0 Å². The number of rotatable bonds is 4. The zero-order valence-corrected chi connectivity index (χ0v) is 8.21. The van der Waals surface area contributed by atoms with Gasteiger partial charge >= 0.3 is 0 Å². The summed E-state index contributed by atoms with van der Waals surface area (Å²) in [6.07, 6.45) is 3.18. The van der Waals surface area contributed by atoms with Crippen molar-refractivity contribution in [2.45, 2.75) is 26.2 Å². The second-order valence-corrected chi connectivity index (χ2v) is 3.74. The molecule has 1 rings (SSSR count). The van der Waals surface area contributed by atoms with Crippen LogP contribution < -0.4 is 0 Å². The first kappa shape index (κ1) is 9.01. The monoisotopic (exact) mass is 189 g/mol. The summed E-state index contributed by atoms with van der Waals surface area (Å²) in [5, 5.41) is 3.35. The normalized spacial score (nSPS) is 10.4. The van der Waals surface area contributed by atoms with Crippen molar-refractivity contribution in [2.24, 2.45) is 0 Å². The molecule has 0 bridgehead atoms. The lowest BCUT2D eigenvalue weighted by Crippen LogP contribution is -1.87. The summed E-state index contributed by atoms with van der Waals surface area (Å²) in [6.45, 7) is 2.17. The quantitative estimate of drug-likeness (QED) is 0.664. The van der Waals surface area contributed by atoms with Crippen molar-refractivity contribution in [3.63, 3.8) is 0 Å². The van der Waals surface area contributed by atoms with E-state index in [4.69, 9.17) is 11.6 Å². The maximum Gasteiger partial charge on any atom is 0.0928 e. The van der Waals surface area contributed by atoms with Crippen molar-refractivity contribution < 1.29 is 0 Å². The van der Waals surface area contributed by atoms with Gasteiger partial charge in [-0.05, 0) is 12.8 Å². The van der Waals surface area contributed by atoms with Crippen molar-refractivity contribution in [1.82, 2.24) is 4.98 Å². The molecule has 0 saturated carbocycles. The second-order valence-electron chi connectivity index (χ2n) is 2.42. The molecule has 0 amide bonds. The first-order valence-corrected chi connectivity index (χ1v) is 5.27. The highest BCUT2D eigenvalue weighted by Gasteiger charge is 1.99.